The largest absolute Gasteiger partial charge is 0.392 e. The van der Waals surface area contributed by atoms with Crippen LogP contribution in [-0.4, -0.2) is 5.11 Å². The molecule has 0 spiro atoms. The summed E-state index contributed by atoms with van der Waals surface area (Å²) >= 11 is 5.86. The third-order valence-corrected chi connectivity index (χ3v) is 3.27. The lowest BCUT2D eigenvalue weighted by atomic mass is 9.96. The van der Waals surface area contributed by atoms with Crippen LogP contribution >= 0.6 is 11.6 Å². The minimum Gasteiger partial charge on any atom is -0.392 e. The molecule has 0 aliphatic heterocycles. The summed E-state index contributed by atoms with van der Waals surface area (Å²) in [5, 5.41) is 9.65. The van der Waals surface area contributed by atoms with Crippen LogP contribution in [0.15, 0.2) is 30.3 Å². The highest BCUT2D eigenvalue weighted by atomic mass is 35.5. The molecule has 2 aromatic carbocycles. The number of aliphatic hydroxyl groups excluding tert-OH is 1. The first-order valence-electron chi connectivity index (χ1n) is 5.68. The van der Waals surface area contributed by atoms with Crippen LogP contribution < -0.4 is 0 Å². The second-order valence-corrected chi connectivity index (χ2v) is 4.84. The van der Waals surface area contributed by atoms with E-state index in [9.17, 15) is 9.50 Å². The zero-order valence-corrected chi connectivity index (χ0v) is 11.1. The molecule has 0 atom stereocenters. The Kier molecular flexibility index (Phi) is 3.69. The lowest BCUT2D eigenvalue weighted by Crippen LogP contribution is -1.94. The summed E-state index contributed by atoms with van der Waals surface area (Å²) in [5.74, 6) is -0.348. The van der Waals surface area contributed by atoms with Crippen LogP contribution in [0.5, 0.6) is 0 Å². The second-order valence-electron chi connectivity index (χ2n) is 4.40. The first-order valence-corrected chi connectivity index (χ1v) is 6.06. The monoisotopic (exact) mass is 264 g/mol. The van der Waals surface area contributed by atoms with E-state index in [4.69, 9.17) is 11.6 Å². The van der Waals surface area contributed by atoms with Gasteiger partial charge in [0.15, 0.2) is 0 Å². The highest BCUT2D eigenvalue weighted by molar-refractivity contribution is 6.30. The van der Waals surface area contributed by atoms with Gasteiger partial charge in [-0.15, -0.1) is 0 Å². The molecule has 0 bridgehead atoms. The van der Waals surface area contributed by atoms with Crippen LogP contribution in [0.2, 0.25) is 5.02 Å². The summed E-state index contributed by atoms with van der Waals surface area (Å²) in [6, 6.07) is 8.34. The van der Waals surface area contributed by atoms with Gasteiger partial charge in [-0.25, -0.2) is 4.39 Å². The number of halogens is 2. The van der Waals surface area contributed by atoms with Gasteiger partial charge in [-0.1, -0.05) is 23.7 Å². The Hall–Kier alpha value is -1.38. The summed E-state index contributed by atoms with van der Waals surface area (Å²) < 4.78 is 13.3. The summed E-state index contributed by atoms with van der Waals surface area (Å²) in [6.45, 7) is 3.88. The first kappa shape index (κ1) is 13.1. The Balaban J connectivity index is 2.58. The van der Waals surface area contributed by atoms with Crippen LogP contribution in [0.1, 0.15) is 16.7 Å². The van der Waals surface area contributed by atoms with Crippen molar-refractivity contribution in [1.29, 1.82) is 0 Å². The molecule has 2 rings (SSSR count). The van der Waals surface area contributed by atoms with Crippen LogP contribution in [0.4, 0.5) is 4.39 Å². The van der Waals surface area contributed by atoms with E-state index >= 15 is 0 Å². The van der Waals surface area contributed by atoms with Crippen molar-refractivity contribution in [3.8, 4) is 11.1 Å². The molecule has 2 aromatic rings. The predicted octanol–water partition coefficient (Wildman–Crippen LogP) is 4.26. The van der Waals surface area contributed by atoms with Crippen molar-refractivity contribution in [3.63, 3.8) is 0 Å². The zero-order chi connectivity index (χ0) is 13.3. The normalized spacial score (nSPS) is 10.7. The van der Waals surface area contributed by atoms with E-state index in [1.165, 1.54) is 12.1 Å². The van der Waals surface area contributed by atoms with Crippen molar-refractivity contribution in [2.24, 2.45) is 0 Å². The van der Waals surface area contributed by atoms with E-state index in [2.05, 4.69) is 0 Å². The molecule has 0 amide bonds. The van der Waals surface area contributed by atoms with Gasteiger partial charge in [-0.2, -0.15) is 0 Å². The van der Waals surface area contributed by atoms with Crippen molar-refractivity contribution in [1.82, 2.24) is 0 Å². The van der Waals surface area contributed by atoms with Gasteiger partial charge in [-0.3, -0.25) is 0 Å². The van der Waals surface area contributed by atoms with E-state index in [0.717, 1.165) is 27.8 Å². The van der Waals surface area contributed by atoms with Crippen LogP contribution in [0.25, 0.3) is 11.1 Å². The molecule has 1 nitrogen and oxygen atoms in total. The van der Waals surface area contributed by atoms with Gasteiger partial charge in [0.1, 0.15) is 5.82 Å². The number of hydrogen-bond acceptors (Lipinski definition) is 1. The van der Waals surface area contributed by atoms with E-state index in [1.807, 2.05) is 26.0 Å². The Labute approximate surface area is 111 Å². The third-order valence-electron chi connectivity index (χ3n) is 3.05. The summed E-state index contributed by atoms with van der Waals surface area (Å²) in [5.41, 5.74) is 4.56. The SMILES string of the molecule is Cc1cc(-c2cc(F)cc(Cl)c2)cc(C)c1CO. The highest BCUT2D eigenvalue weighted by Gasteiger charge is 2.07. The van der Waals surface area contributed by atoms with Gasteiger partial charge >= 0.3 is 0 Å². The molecule has 94 valence electrons. The maximum Gasteiger partial charge on any atom is 0.125 e. The number of aryl methyl sites for hydroxylation is 2. The van der Waals surface area contributed by atoms with Gasteiger partial charge < -0.3 is 5.11 Å². The van der Waals surface area contributed by atoms with Crippen LogP contribution in [-0.2, 0) is 6.61 Å². The average Bonchev–Trinajstić information content (AvgIpc) is 2.27. The van der Waals surface area contributed by atoms with Gasteiger partial charge in [0.05, 0.1) is 6.61 Å². The van der Waals surface area contributed by atoms with Crippen LogP contribution in [0, 0.1) is 19.7 Å². The molecule has 0 heterocycles. The lowest BCUT2D eigenvalue weighted by molar-refractivity contribution is 0.280. The van der Waals surface area contributed by atoms with E-state index in [-0.39, 0.29) is 12.4 Å². The van der Waals surface area contributed by atoms with E-state index in [0.29, 0.717) is 5.02 Å². The second kappa shape index (κ2) is 5.09. The van der Waals surface area contributed by atoms with Crippen molar-refractivity contribution >= 4 is 11.6 Å². The molecule has 0 fully saturated rings. The molecular weight excluding hydrogens is 251 g/mol. The van der Waals surface area contributed by atoms with E-state index in [1.54, 1.807) is 6.07 Å². The fourth-order valence-corrected chi connectivity index (χ4v) is 2.35. The maximum atomic E-state index is 13.3. The highest BCUT2D eigenvalue weighted by Crippen LogP contribution is 2.28. The summed E-state index contributed by atoms with van der Waals surface area (Å²) in [6.07, 6.45) is 0. The Morgan fingerprint density at radius 2 is 1.56 bits per heavy atom. The molecule has 0 aromatic heterocycles. The Bertz CT molecular complexity index is 550. The Morgan fingerprint density at radius 3 is 2.06 bits per heavy atom. The van der Waals surface area contributed by atoms with Crippen LogP contribution in [0.3, 0.4) is 0 Å². The van der Waals surface area contributed by atoms with Gasteiger partial charge in [0.25, 0.3) is 0 Å². The molecule has 0 unspecified atom stereocenters. The van der Waals surface area contributed by atoms with Crippen molar-refractivity contribution in [2.75, 3.05) is 0 Å². The molecule has 3 heteroatoms. The van der Waals surface area contributed by atoms with Gasteiger partial charge in [0, 0.05) is 5.02 Å². The van der Waals surface area contributed by atoms with Gasteiger partial charge in [-0.05, 0) is 59.9 Å². The number of aliphatic hydroxyl groups is 1. The summed E-state index contributed by atoms with van der Waals surface area (Å²) in [4.78, 5) is 0. The van der Waals surface area contributed by atoms with Crippen molar-refractivity contribution < 1.29 is 9.50 Å². The average molecular weight is 265 g/mol. The first-order chi connectivity index (χ1) is 8.51. The zero-order valence-electron chi connectivity index (χ0n) is 10.3. The Morgan fingerprint density at radius 1 is 1.00 bits per heavy atom. The van der Waals surface area contributed by atoms with Crippen molar-refractivity contribution in [2.45, 2.75) is 20.5 Å². The lowest BCUT2D eigenvalue weighted by Gasteiger charge is -2.11. The van der Waals surface area contributed by atoms with Gasteiger partial charge in [0.2, 0.25) is 0 Å². The molecule has 0 saturated carbocycles. The fourth-order valence-electron chi connectivity index (χ4n) is 2.13. The van der Waals surface area contributed by atoms with E-state index < -0.39 is 0 Å². The molecule has 0 saturated heterocycles. The molecule has 0 aliphatic rings. The fraction of sp³-hybridized carbons (Fsp3) is 0.200. The third kappa shape index (κ3) is 2.55. The molecule has 1 N–H and O–H groups in total. The minimum absolute atomic E-state index is 0.0157. The standard InChI is InChI=1S/C15H14ClFO/c1-9-3-11(4-10(2)15(9)8-18)12-5-13(16)7-14(17)6-12/h3-7,18H,8H2,1-2H3. The van der Waals surface area contributed by atoms with Crippen molar-refractivity contribution in [3.05, 3.63) is 57.9 Å². The molecule has 0 radical (unpaired) electrons. The quantitative estimate of drug-likeness (QED) is 0.859. The molecular formula is C15H14ClFO. The smallest absolute Gasteiger partial charge is 0.125 e. The maximum absolute atomic E-state index is 13.3. The number of hydrogen-bond donors (Lipinski definition) is 1. The number of benzene rings is 2. The topological polar surface area (TPSA) is 20.2 Å². The molecule has 0 aliphatic carbocycles. The summed E-state index contributed by atoms with van der Waals surface area (Å²) in [7, 11) is 0. The predicted molar refractivity (Wildman–Crippen MR) is 72.2 cm³/mol. The minimum atomic E-state index is -0.348. The molecule has 18 heavy (non-hydrogen) atoms. The number of rotatable bonds is 2.